The number of carbonyl (C=O) groups is 1. The first-order valence-corrected chi connectivity index (χ1v) is 27.6. The van der Waals surface area contributed by atoms with E-state index in [1.807, 2.05) is 50.3 Å². The summed E-state index contributed by atoms with van der Waals surface area (Å²) in [6, 6.07) is 91.3. The number of hydrogen-bond acceptors (Lipinski definition) is 4. The third kappa shape index (κ3) is 9.83. The molecule has 79 heavy (non-hydrogen) atoms. The lowest BCUT2D eigenvalue weighted by Crippen LogP contribution is -2.38. The van der Waals surface area contributed by atoms with Crippen molar-refractivity contribution in [3.63, 3.8) is 0 Å². The largest absolute Gasteiger partial charge is 0.310 e. The van der Waals surface area contributed by atoms with Crippen LogP contribution in [0.5, 0.6) is 0 Å². The Hall–Kier alpha value is -9.51. The third-order valence-corrected chi connectivity index (χ3v) is 15.5. The highest BCUT2D eigenvalue weighted by molar-refractivity contribution is 6.11. The lowest BCUT2D eigenvalue weighted by Gasteiger charge is -2.47. The molecule has 0 radical (unpaired) electrons. The zero-order valence-electron chi connectivity index (χ0n) is 45.5. The van der Waals surface area contributed by atoms with Crippen LogP contribution >= 0.6 is 0 Å². The van der Waals surface area contributed by atoms with Crippen LogP contribution in [0.15, 0.2) is 291 Å². The van der Waals surface area contributed by atoms with Crippen molar-refractivity contribution in [3.8, 4) is 11.1 Å². The summed E-state index contributed by atoms with van der Waals surface area (Å²) in [7, 11) is 0. The Kier molecular flexibility index (Phi) is 15.0. The molecule has 1 atom stereocenters. The van der Waals surface area contributed by atoms with Gasteiger partial charge < -0.3 is 14.7 Å². The molecular weight excluding hydrogens is 959 g/mol. The number of ketones is 1. The molecule has 1 heterocycles. The number of hydrogen-bond donors (Lipinski definition) is 0. The van der Waals surface area contributed by atoms with Crippen LogP contribution in [0.3, 0.4) is 0 Å². The molecule has 0 saturated heterocycles. The van der Waals surface area contributed by atoms with Crippen LogP contribution in [0.25, 0.3) is 11.1 Å². The van der Waals surface area contributed by atoms with Gasteiger partial charge in [0.2, 0.25) is 0 Å². The Morgan fingerprint density at radius 3 is 1.59 bits per heavy atom. The first-order chi connectivity index (χ1) is 38.8. The van der Waals surface area contributed by atoms with Gasteiger partial charge in [0.25, 0.3) is 0 Å². The van der Waals surface area contributed by atoms with E-state index in [1.165, 1.54) is 11.1 Å². The van der Waals surface area contributed by atoms with Crippen molar-refractivity contribution in [1.82, 2.24) is 0 Å². The van der Waals surface area contributed by atoms with Gasteiger partial charge in [0.15, 0.2) is 5.78 Å². The predicted octanol–water partition coefficient (Wildman–Crippen LogP) is 20.2. The van der Waals surface area contributed by atoms with Gasteiger partial charge >= 0.3 is 0 Å². The molecule has 4 heteroatoms. The molecule has 0 amide bonds. The van der Waals surface area contributed by atoms with E-state index in [-0.39, 0.29) is 11.7 Å². The maximum absolute atomic E-state index is 14.3. The van der Waals surface area contributed by atoms with Gasteiger partial charge in [0, 0.05) is 50.9 Å². The van der Waals surface area contributed by atoms with Crippen molar-refractivity contribution < 1.29 is 4.79 Å². The van der Waals surface area contributed by atoms with E-state index >= 15 is 0 Å². The fraction of sp³-hybridized carbons (Fsp3) is 0.107. The monoisotopic (exact) mass is 1020 g/mol. The molecule has 1 unspecified atom stereocenters. The van der Waals surface area contributed by atoms with Crippen LogP contribution in [-0.4, -0.2) is 5.78 Å². The molecule has 0 N–H and O–H groups in total. The third-order valence-electron chi connectivity index (χ3n) is 15.5. The summed E-state index contributed by atoms with van der Waals surface area (Å²) in [6.45, 7) is 12.9. The summed E-state index contributed by atoms with van der Waals surface area (Å²) in [6.07, 6.45) is 10.2. The quantitative estimate of drug-likeness (QED) is 0.0671. The minimum absolute atomic E-state index is 0.0719. The second kappa shape index (κ2) is 23.0. The average molecular weight is 1020 g/mol. The number of nitrogens with zero attached hydrogens (tertiary/aromatic N) is 3. The van der Waals surface area contributed by atoms with Crippen LogP contribution in [0, 0.1) is 6.92 Å². The first-order valence-electron chi connectivity index (χ1n) is 27.6. The predicted molar refractivity (Wildman–Crippen MR) is 333 cm³/mol. The maximum atomic E-state index is 14.3. The lowest BCUT2D eigenvalue weighted by atomic mass is 9.62. The second-order valence-corrected chi connectivity index (χ2v) is 20.4. The molecule has 0 aromatic heterocycles. The molecule has 386 valence electrons. The molecule has 4 nitrogen and oxygen atoms in total. The van der Waals surface area contributed by atoms with Crippen LogP contribution in [0.4, 0.5) is 45.5 Å². The van der Waals surface area contributed by atoms with Crippen molar-refractivity contribution in [2.45, 2.75) is 51.9 Å². The van der Waals surface area contributed by atoms with E-state index in [9.17, 15) is 4.79 Å². The summed E-state index contributed by atoms with van der Waals surface area (Å²) in [5.41, 5.74) is 18.8. The highest BCUT2D eigenvalue weighted by atomic mass is 16.1. The van der Waals surface area contributed by atoms with E-state index < -0.39 is 5.41 Å². The summed E-state index contributed by atoms with van der Waals surface area (Å²) < 4.78 is 0. The zero-order chi connectivity index (χ0) is 54.3. The van der Waals surface area contributed by atoms with E-state index in [0.717, 1.165) is 109 Å². The fourth-order valence-corrected chi connectivity index (χ4v) is 11.8. The molecule has 11 rings (SSSR count). The van der Waals surface area contributed by atoms with Crippen LogP contribution in [-0.2, 0) is 5.41 Å². The van der Waals surface area contributed by atoms with Crippen molar-refractivity contribution in [2.24, 2.45) is 0 Å². The number of anilines is 8. The smallest absolute Gasteiger partial charge is 0.193 e. The molecular formula is C75H65N3O. The molecule has 1 aliphatic rings. The highest BCUT2D eigenvalue weighted by Crippen LogP contribution is 2.59. The Labute approximate surface area is 467 Å². The molecule has 0 saturated carbocycles. The minimum Gasteiger partial charge on any atom is -0.310 e. The lowest BCUT2D eigenvalue weighted by molar-refractivity contribution is 0.103. The Morgan fingerprint density at radius 1 is 0.544 bits per heavy atom. The molecule has 0 bridgehead atoms. The number of fused-ring (bicyclic) bond motifs is 2. The molecule has 10 aromatic carbocycles. The number of rotatable bonds is 17. The second-order valence-electron chi connectivity index (χ2n) is 20.4. The van der Waals surface area contributed by atoms with Gasteiger partial charge in [-0.2, -0.15) is 0 Å². The fourth-order valence-electron chi connectivity index (χ4n) is 11.8. The molecule has 0 fully saturated rings. The van der Waals surface area contributed by atoms with Gasteiger partial charge in [0.05, 0.1) is 16.8 Å². The Balaban J connectivity index is 1.18. The van der Waals surface area contributed by atoms with Crippen LogP contribution in [0.2, 0.25) is 0 Å². The van der Waals surface area contributed by atoms with Gasteiger partial charge in [-0.1, -0.05) is 221 Å². The highest BCUT2D eigenvalue weighted by Gasteiger charge is 2.47. The van der Waals surface area contributed by atoms with Gasteiger partial charge in [-0.05, 0) is 156 Å². The average Bonchev–Trinajstić information content (AvgIpc) is 3.63. The Morgan fingerprint density at radius 2 is 1.05 bits per heavy atom. The zero-order valence-corrected chi connectivity index (χ0v) is 45.5. The normalized spacial score (nSPS) is 13.1. The van der Waals surface area contributed by atoms with Crippen LogP contribution in [0.1, 0.15) is 88.8 Å². The van der Waals surface area contributed by atoms with E-state index in [0.29, 0.717) is 0 Å². The molecule has 10 aromatic rings. The summed E-state index contributed by atoms with van der Waals surface area (Å²) >= 11 is 0. The number of benzene rings is 10. The van der Waals surface area contributed by atoms with Crippen molar-refractivity contribution in [2.75, 3.05) is 14.7 Å². The number of carbonyl (C=O) groups excluding carboxylic acids is 1. The SMILES string of the molecule is C=C/C(=C\C=C/C)N(c1ccccc1)c1ccc2c(c1)N(c1ccc(-c3ccc(C(=O)c4ccccc4C)c(C(C)CCC)c3)cc1)c1cc(N(c3ccccc3)c3ccccc3)ccc1C2(c1ccccc1)c1ccccc1. The molecule has 1 aliphatic heterocycles. The minimum atomic E-state index is -0.756. The van der Waals surface area contributed by atoms with E-state index in [2.05, 4.69) is 278 Å². The summed E-state index contributed by atoms with van der Waals surface area (Å²) in [4.78, 5) is 21.5. The molecule has 0 aliphatic carbocycles. The summed E-state index contributed by atoms with van der Waals surface area (Å²) in [5, 5.41) is 0. The van der Waals surface area contributed by atoms with Crippen molar-refractivity contribution in [3.05, 3.63) is 336 Å². The number of aryl methyl sites for hydroxylation is 1. The standard InChI is InChI=1S/C75H65N3O/c1-6-9-33-60(8-3)76(61-34-19-12-20-35-61)65-46-49-70-72(52-65)78(64-44-41-56(42-45-64)57-43-48-68(69(51-57)54(4)27-7-2)74(79)67-40-26-25-28-55(67)5)73-53-66(77(62-36-21-13-22-37-62)63-38-23-14-24-39-63)47-50-71(73)75(70,58-29-15-10-16-30-58)59-31-17-11-18-32-59/h6,8-26,28-54H,3,7,27H2,1-2,4-5H3/b9-6-,60-33+. The van der Waals surface area contributed by atoms with Crippen molar-refractivity contribution >= 4 is 51.3 Å². The van der Waals surface area contributed by atoms with Gasteiger partial charge in [-0.3, -0.25) is 4.79 Å². The van der Waals surface area contributed by atoms with Gasteiger partial charge in [-0.15, -0.1) is 0 Å². The molecule has 0 spiro atoms. The topological polar surface area (TPSA) is 26.8 Å². The van der Waals surface area contributed by atoms with Crippen molar-refractivity contribution in [1.29, 1.82) is 0 Å². The summed E-state index contributed by atoms with van der Waals surface area (Å²) in [5.74, 6) is 0.269. The van der Waals surface area contributed by atoms with Gasteiger partial charge in [-0.25, -0.2) is 0 Å². The number of para-hydroxylation sites is 3. The number of allylic oxidation sites excluding steroid dienone is 4. The van der Waals surface area contributed by atoms with E-state index in [1.54, 1.807) is 0 Å². The van der Waals surface area contributed by atoms with E-state index in [4.69, 9.17) is 0 Å². The van der Waals surface area contributed by atoms with Crippen LogP contribution < -0.4 is 14.7 Å². The Bertz CT molecular complexity index is 3730. The maximum Gasteiger partial charge on any atom is 0.193 e. The first kappa shape index (κ1) is 51.6. The van der Waals surface area contributed by atoms with Gasteiger partial charge in [0.1, 0.15) is 0 Å².